The highest BCUT2D eigenvalue weighted by Crippen LogP contribution is 2.19. The molecule has 2 aromatic rings. The van der Waals surface area contributed by atoms with Crippen LogP contribution in [-0.4, -0.2) is 5.91 Å². The normalized spacial score (nSPS) is 10.3. The van der Waals surface area contributed by atoms with Crippen molar-refractivity contribution in [2.75, 3.05) is 5.32 Å². The lowest BCUT2D eigenvalue weighted by Crippen LogP contribution is -2.16. The molecule has 0 saturated heterocycles. The minimum atomic E-state index is -0.418. The highest BCUT2D eigenvalue weighted by Gasteiger charge is 2.09. The van der Waals surface area contributed by atoms with Crippen LogP contribution < -0.4 is 5.32 Å². The van der Waals surface area contributed by atoms with Crippen molar-refractivity contribution in [1.82, 2.24) is 0 Å². The minimum absolute atomic E-state index is 0.210. The third-order valence-corrected chi connectivity index (χ3v) is 3.09. The monoisotopic (exact) mass is 275 g/mol. The number of amides is 1. The van der Waals surface area contributed by atoms with Crippen LogP contribution in [0.25, 0.3) is 0 Å². The highest BCUT2D eigenvalue weighted by atomic mass is 32.1. The zero-order chi connectivity index (χ0) is 13.8. The molecule has 0 unspecified atom stereocenters. The number of benzene rings is 2. The lowest BCUT2D eigenvalue weighted by Gasteiger charge is -2.09. The molecule has 1 N–H and O–H groups in total. The zero-order valence-electron chi connectivity index (χ0n) is 10.5. The van der Waals surface area contributed by atoms with E-state index in [1.165, 1.54) is 6.07 Å². The van der Waals surface area contributed by atoms with Gasteiger partial charge in [-0.2, -0.15) is 0 Å². The SMILES string of the molecule is Cc1cccc(F)c1NC(=O)Cc1ccc(S)cc1. The van der Waals surface area contributed by atoms with Gasteiger partial charge in [0.2, 0.25) is 5.91 Å². The van der Waals surface area contributed by atoms with Crippen LogP contribution in [0.2, 0.25) is 0 Å². The Morgan fingerprint density at radius 2 is 1.89 bits per heavy atom. The topological polar surface area (TPSA) is 29.1 Å². The Morgan fingerprint density at radius 1 is 1.21 bits per heavy atom. The van der Waals surface area contributed by atoms with Crippen LogP contribution in [0.3, 0.4) is 0 Å². The molecule has 0 fully saturated rings. The summed E-state index contributed by atoms with van der Waals surface area (Å²) < 4.78 is 13.6. The molecule has 0 atom stereocenters. The Labute approximate surface area is 117 Å². The molecule has 1 amide bonds. The molecule has 4 heteroatoms. The van der Waals surface area contributed by atoms with E-state index in [9.17, 15) is 9.18 Å². The summed E-state index contributed by atoms with van der Waals surface area (Å²) >= 11 is 4.18. The number of hydrogen-bond donors (Lipinski definition) is 2. The molecule has 0 aliphatic carbocycles. The van der Waals surface area contributed by atoms with Gasteiger partial charge in [0.05, 0.1) is 12.1 Å². The molecular weight excluding hydrogens is 261 g/mol. The van der Waals surface area contributed by atoms with Crippen LogP contribution in [0.15, 0.2) is 47.4 Å². The van der Waals surface area contributed by atoms with Crippen molar-refractivity contribution in [2.45, 2.75) is 18.2 Å². The molecule has 0 aliphatic rings. The minimum Gasteiger partial charge on any atom is -0.323 e. The first-order valence-corrected chi connectivity index (χ1v) is 6.34. The van der Waals surface area contributed by atoms with Gasteiger partial charge >= 0.3 is 0 Å². The van der Waals surface area contributed by atoms with E-state index in [0.29, 0.717) is 5.56 Å². The largest absolute Gasteiger partial charge is 0.323 e. The number of nitrogens with one attached hydrogen (secondary N) is 1. The smallest absolute Gasteiger partial charge is 0.228 e. The fraction of sp³-hybridized carbons (Fsp3) is 0.133. The Kier molecular flexibility index (Phi) is 4.22. The lowest BCUT2D eigenvalue weighted by atomic mass is 10.1. The predicted molar refractivity (Wildman–Crippen MR) is 77.2 cm³/mol. The summed E-state index contributed by atoms with van der Waals surface area (Å²) in [5.41, 5.74) is 1.82. The van der Waals surface area contributed by atoms with Crippen LogP contribution in [0.4, 0.5) is 10.1 Å². The summed E-state index contributed by atoms with van der Waals surface area (Å²) in [5, 5.41) is 2.61. The van der Waals surface area contributed by atoms with E-state index >= 15 is 0 Å². The molecule has 0 heterocycles. The van der Waals surface area contributed by atoms with E-state index in [4.69, 9.17) is 0 Å². The quantitative estimate of drug-likeness (QED) is 0.823. The first kappa shape index (κ1) is 13.6. The highest BCUT2D eigenvalue weighted by molar-refractivity contribution is 7.80. The molecule has 19 heavy (non-hydrogen) atoms. The Hall–Kier alpha value is -1.81. The summed E-state index contributed by atoms with van der Waals surface area (Å²) in [6, 6.07) is 12.0. The van der Waals surface area contributed by atoms with Crippen LogP contribution >= 0.6 is 12.6 Å². The molecule has 2 aromatic carbocycles. The summed E-state index contributed by atoms with van der Waals surface area (Å²) in [6.45, 7) is 1.76. The number of rotatable bonds is 3. The standard InChI is InChI=1S/C15H14FNOS/c1-10-3-2-4-13(16)15(10)17-14(18)9-11-5-7-12(19)8-6-11/h2-8,19H,9H2,1H3,(H,17,18). The second-order valence-corrected chi connectivity index (χ2v) is 4.84. The summed E-state index contributed by atoms with van der Waals surface area (Å²) in [4.78, 5) is 12.7. The van der Waals surface area contributed by atoms with Crippen molar-refractivity contribution in [3.05, 3.63) is 59.4 Å². The van der Waals surface area contributed by atoms with Gasteiger partial charge in [0.25, 0.3) is 0 Å². The van der Waals surface area contributed by atoms with Crippen molar-refractivity contribution >= 4 is 24.2 Å². The summed E-state index contributed by atoms with van der Waals surface area (Å²) in [7, 11) is 0. The first-order valence-electron chi connectivity index (χ1n) is 5.89. The fourth-order valence-electron chi connectivity index (χ4n) is 1.77. The number of carbonyl (C=O) groups is 1. The van der Waals surface area contributed by atoms with Crippen molar-refractivity contribution < 1.29 is 9.18 Å². The van der Waals surface area contributed by atoms with E-state index in [1.807, 2.05) is 24.3 Å². The van der Waals surface area contributed by atoms with Crippen molar-refractivity contribution in [2.24, 2.45) is 0 Å². The number of anilines is 1. The van der Waals surface area contributed by atoms with Crippen molar-refractivity contribution in [3.8, 4) is 0 Å². The van der Waals surface area contributed by atoms with Gasteiger partial charge in [-0.05, 0) is 36.2 Å². The first-order chi connectivity index (χ1) is 9.06. The molecule has 0 aromatic heterocycles. The van der Waals surface area contributed by atoms with Crippen LogP contribution in [0, 0.1) is 12.7 Å². The molecule has 98 valence electrons. The number of halogens is 1. The van der Waals surface area contributed by atoms with Crippen LogP contribution in [0.5, 0.6) is 0 Å². The Morgan fingerprint density at radius 3 is 2.53 bits per heavy atom. The maximum absolute atomic E-state index is 13.6. The van der Waals surface area contributed by atoms with Crippen molar-refractivity contribution in [3.63, 3.8) is 0 Å². The number of aryl methyl sites for hydroxylation is 1. The maximum Gasteiger partial charge on any atom is 0.228 e. The molecule has 0 spiro atoms. The predicted octanol–water partition coefficient (Wildman–Crippen LogP) is 3.60. The second-order valence-electron chi connectivity index (χ2n) is 4.32. The van der Waals surface area contributed by atoms with E-state index in [0.717, 1.165) is 10.5 Å². The fourth-order valence-corrected chi connectivity index (χ4v) is 1.92. The van der Waals surface area contributed by atoms with Gasteiger partial charge in [-0.25, -0.2) is 4.39 Å². The lowest BCUT2D eigenvalue weighted by molar-refractivity contribution is -0.115. The van der Waals surface area contributed by atoms with E-state index < -0.39 is 5.82 Å². The maximum atomic E-state index is 13.6. The van der Waals surface area contributed by atoms with Crippen molar-refractivity contribution in [1.29, 1.82) is 0 Å². The summed E-state index contributed by atoms with van der Waals surface area (Å²) in [5.74, 6) is -0.654. The number of carbonyl (C=O) groups excluding carboxylic acids is 1. The Bertz CT molecular complexity index is 575. The average molecular weight is 275 g/mol. The molecule has 0 radical (unpaired) electrons. The number of para-hydroxylation sites is 1. The van der Waals surface area contributed by atoms with E-state index in [1.54, 1.807) is 19.1 Å². The molecule has 0 saturated carbocycles. The average Bonchev–Trinajstić information content (AvgIpc) is 2.37. The van der Waals surface area contributed by atoms with Gasteiger partial charge in [0.1, 0.15) is 5.82 Å². The van der Waals surface area contributed by atoms with Gasteiger partial charge in [0, 0.05) is 4.90 Å². The van der Waals surface area contributed by atoms with E-state index in [-0.39, 0.29) is 18.0 Å². The summed E-state index contributed by atoms with van der Waals surface area (Å²) in [6.07, 6.45) is 0.210. The van der Waals surface area contributed by atoms with E-state index in [2.05, 4.69) is 17.9 Å². The molecule has 2 rings (SSSR count). The van der Waals surface area contributed by atoms with Gasteiger partial charge in [-0.15, -0.1) is 12.6 Å². The molecule has 0 bridgehead atoms. The zero-order valence-corrected chi connectivity index (χ0v) is 11.4. The third kappa shape index (κ3) is 3.58. The Balaban J connectivity index is 2.07. The van der Waals surface area contributed by atoms with Gasteiger partial charge < -0.3 is 5.32 Å². The van der Waals surface area contributed by atoms with Gasteiger partial charge in [-0.1, -0.05) is 24.3 Å². The van der Waals surface area contributed by atoms with Crippen LogP contribution in [0.1, 0.15) is 11.1 Å². The number of hydrogen-bond acceptors (Lipinski definition) is 2. The van der Waals surface area contributed by atoms with Gasteiger partial charge in [0.15, 0.2) is 0 Å². The third-order valence-electron chi connectivity index (χ3n) is 2.79. The molecular formula is C15H14FNOS. The van der Waals surface area contributed by atoms with Crippen LogP contribution in [-0.2, 0) is 11.2 Å². The van der Waals surface area contributed by atoms with Gasteiger partial charge in [-0.3, -0.25) is 4.79 Å². The molecule has 2 nitrogen and oxygen atoms in total. The second kappa shape index (κ2) is 5.89. The molecule has 0 aliphatic heterocycles. The number of thiol groups is 1.